The van der Waals surface area contributed by atoms with Crippen molar-refractivity contribution < 1.29 is 14.7 Å². The SMILES string of the molecule is O=C(O)/C=C/C(=O)Nc1c[c]ccc1. The second-order valence-corrected chi connectivity index (χ2v) is 2.45. The molecule has 0 aliphatic rings. The minimum absolute atomic E-state index is 0.480. The molecule has 0 saturated carbocycles. The molecule has 0 aromatic heterocycles. The molecular formula is C10H8NO3. The number of carbonyl (C=O) groups excluding carboxylic acids is 1. The van der Waals surface area contributed by atoms with Gasteiger partial charge in [0.25, 0.3) is 0 Å². The van der Waals surface area contributed by atoms with Gasteiger partial charge in [-0.1, -0.05) is 12.1 Å². The van der Waals surface area contributed by atoms with E-state index in [0.29, 0.717) is 5.69 Å². The molecule has 0 saturated heterocycles. The predicted octanol–water partition coefficient (Wildman–Crippen LogP) is 1.07. The standard InChI is InChI=1S/C10H8NO3/c12-9(6-7-10(13)14)11-8-4-2-1-3-5-8/h1-2,4-7H,(H,11,12)(H,13,14)/b7-6+. The molecule has 1 rings (SSSR count). The van der Waals surface area contributed by atoms with Crippen molar-refractivity contribution >= 4 is 17.6 Å². The lowest BCUT2D eigenvalue weighted by Gasteiger charge is -1.99. The van der Waals surface area contributed by atoms with Crippen molar-refractivity contribution in [3.63, 3.8) is 0 Å². The Hall–Kier alpha value is -2.10. The molecule has 1 radical (unpaired) electrons. The lowest BCUT2D eigenvalue weighted by atomic mass is 10.3. The summed E-state index contributed by atoms with van der Waals surface area (Å²) in [5.74, 6) is -1.63. The summed E-state index contributed by atoms with van der Waals surface area (Å²) in [7, 11) is 0. The Labute approximate surface area is 80.9 Å². The molecule has 14 heavy (non-hydrogen) atoms. The molecular weight excluding hydrogens is 182 g/mol. The molecule has 0 heterocycles. The summed E-state index contributed by atoms with van der Waals surface area (Å²) >= 11 is 0. The van der Waals surface area contributed by atoms with E-state index in [0.717, 1.165) is 12.2 Å². The van der Waals surface area contributed by atoms with Gasteiger partial charge in [-0.25, -0.2) is 4.79 Å². The van der Waals surface area contributed by atoms with Crippen LogP contribution in [0.25, 0.3) is 0 Å². The monoisotopic (exact) mass is 190 g/mol. The van der Waals surface area contributed by atoms with E-state index in [4.69, 9.17) is 5.11 Å². The third-order valence-corrected chi connectivity index (χ3v) is 1.35. The van der Waals surface area contributed by atoms with E-state index in [-0.39, 0.29) is 0 Å². The van der Waals surface area contributed by atoms with Crippen molar-refractivity contribution in [2.24, 2.45) is 0 Å². The Kier molecular flexibility index (Phi) is 3.43. The topological polar surface area (TPSA) is 66.4 Å². The van der Waals surface area contributed by atoms with Gasteiger partial charge in [0.05, 0.1) is 0 Å². The van der Waals surface area contributed by atoms with Crippen LogP contribution in [0.15, 0.2) is 36.4 Å². The third-order valence-electron chi connectivity index (χ3n) is 1.35. The first-order valence-corrected chi connectivity index (χ1v) is 3.86. The fourth-order valence-electron chi connectivity index (χ4n) is 0.802. The van der Waals surface area contributed by atoms with Crippen LogP contribution in [0.4, 0.5) is 5.69 Å². The molecule has 0 aliphatic heterocycles. The Bertz CT molecular complexity index is 357. The number of anilines is 1. The van der Waals surface area contributed by atoms with Gasteiger partial charge in [0.2, 0.25) is 5.91 Å². The van der Waals surface area contributed by atoms with Crippen LogP contribution >= 0.6 is 0 Å². The number of carboxylic acids is 1. The zero-order valence-electron chi connectivity index (χ0n) is 7.23. The summed E-state index contributed by atoms with van der Waals surface area (Å²) in [5, 5.41) is 10.7. The number of nitrogens with one attached hydrogen (secondary N) is 1. The number of rotatable bonds is 3. The molecule has 1 aromatic rings. The summed E-state index contributed by atoms with van der Waals surface area (Å²) in [4.78, 5) is 21.1. The van der Waals surface area contributed by atoms with E-state index >= 15 is 0 Å². The van der Waals surface area contributed by atoms with Crippen molar-refractivity contribution in [1.29, 1.82) is 0 Å². The number of hydrogen-bond acceptors (Lipinski definition) is 2. The average Bonchev–Trinajstić information content (AvgIpc) is 2.16. The van der Waals surface area contributed by atoms with Gasteiger partial charge in [-0.05, 0) is 18.2 Å². The first-order chi connectivity index (χ1) is 6.68. The molecule has 4 nitrogen and oxygen atoms in total. The lowest BCUT2D eigenvalue weighted by molar-refractivity contribution is -0.131. The van der Waals surface area contributed by atoms with Crippen LogP contribution in [0.3, 0.4) is 0 Å². The Morgan fingerprint density at radius 3 is 2.79 bits per heavy atom. The zero-order valence-corrected chi connectivity index (χ0v) is 7.23. The molecule has 2 N–H and O–H groups in total. The third kappa shape index (κ3) is 3.53. The minimum Gasteiger partial charge on any atom is -0.478 e. The first-order valence-electron chi connectivity index (χ1n) is 3.86. The molecule has 4 heteroatoms. The van der Waals surface area contributed by atoms with E-state index in [1.54, 1.807) is 24.3 Å². The molecule has 0 aliphatic carbocycles. The number of carbonyl (C=O) groups is 2. The van der Waals surface area contributed by atoms with E-state index in [1.165, 1.54) is 0 Å². The van der Waals surface area contributed by atoms with Gasteiger partial charge >= 0.3 is 5.97 Å². The smallest absolute Gasteiger partial charge is 0.328 e. The summed E-state index contributed by atoms with van der Waals surface area (Å²) in [5.41, 5.74) is 0.576. The van der Waals surface area contributed by atoms with Gasteiger partial charge in [-0.2, -0.15) is 0 Å². The lowest BCUT2D eigenvalue weighted by Crippen LogP contribution is -2.08. The van der Waals surface area contributed by atoms with Gasteiger partial charge < -0.3 is 10.4 Å². The van der Waals surface area contributed by atoms with Crippen LogP contribution in [-0.2, 0) is 9.59 Å². The number of benzene rings is 1. The van der Waals surface area contributed by atoms with Crippen LogP contribution in [0.1, 0.15) is 0 Å². The highest BCUT2D eigenvalue weighted by Crippen LogP contribution is 2.03. The van der Waals surface area contributed by atoms with Crippen molar-refractivity contribution in [3.8, 4) is 0 Å². The number of carboxylic acid groups (broad SMARTS) is 1. The molecule has 0 bridgehead atoms. The van der Waals surface area contributed by atoms with Crippen LogP contribution in [0.2, 0.25) is 0 Å². The summed E-state index contributed by atoms with van der Waals surface area (Å²) in [6, 6.07) is 9.47. The Morgan fingerprint density at radius 1 is 1.43 bits per heavy atom. The maximum Gasteiger partial charge on any atom is 0.328 e. The van der Waals surface area contributed by atoms with Crippen molar-refractivity contribution in [1.82, 2.24) is 0 Å². The quantitative estimate of drug-likeness (QED) is 0.700. The van der Waals surface area contributed by atoms with E-state index in [9.17, 15) is 9.59 Å². The van der Waals surface area contributed by atoms with E-state index in [1.807, 2.05) is 0 Å². The number of amides is 1. The van der Waals surface area contributed by atoms with Crippen LogP contribution in [0, 0.1) is 6.07 Å². The summed E-state index contributed by atoms with van der Waals surface area (Å²) in [6.07, 6.45) is 1.73. The minimum atomic E-state index is -1.15. The molecule has 0 atom stereocenters. The Morgan fingerprint density at radius 2 is 2.21 bits per heavy atom. The maximum atomic E-state index is 11.0. The second kappa shape index (κ2) is 4.81. The molecule has 0 fully saturated rings. The molecule has 1 amide bonds. The maximum absolute atomic E-state index is 11.0. The van der Waals surface area contributed by atoms with E-state index < -0.39 is 11.9 Å². The van der Waals surface area contributed by atoms with Crippen molar-refractivity contribution in [3.05, 3.63) is 42.5 Å². The van der Waals surface area contributed by atoms with Crippen LogP contribution in [-0.4, -0.2) is 17.0 Å². The fourth-order valence-corrected chi connectivity index (χ4v) is 0.802. The van der Waals surface area contributed by atoms with Gasteiger partial charge in [-0.15, -0.1) is 0 Å². The fraction of sp³-hybridized carbons (Fsp3) is 0. The number of aliphatic carboxylic acids is 1. The van der Waals surface area contributed by atoms with Crippen LogP contribution < -0.4 is 5.32 Å². The predicted molar refractivity (Wildman–Crippen MR) is 50.7 cm³/mol. The van der Waals surface area contributed by atoms with Gasteiger partial charge in [0.15, 0.2) is 0 Å². The Balaban J connectivity index is 2.54. The zero-order chi connectivity index (χ0) is 10.4. The molecule has 0 spiro atoms. The van der Waals surface area contributed by atoms with Crippen LogP contribution in [0.5, 0.6) is 0 Å². The normalized spacial score (nSPS) is 10.0. The molecule has 1 aromatic carbocycles. The first kappa shape index (κ1) is 9.98. The highest BCUT2D eigenvalue weighted by atomic mass is 16.4. The van der Waals surface area contributed by atoms with Gasteiger partial charge in [0, 0.05) is 17.8 Å². The molecule has 71 valence electrons. The van der Waals surface area contributed by atoms with Crippen molar-refractivity contribution in [2.45, 2.75) is 0 Å². The van der Waals surface area contributed by atoms with E-state index in [2.05, 4.69) is 11.4 Å². The largest absolute Gasteiger partial charge is 0.478 e. The van der Waals surface area contributed by atoms with Gasteiger partial charge in [-0.3, -0.25) is 4.79 Å². The highest BCUT2D eigenvalue weighted by Gasteiger charge is 1.96. The summed E-state index contributed by atoms with van der Waals surface area (Å²) < 4.78 is 0. The average molecular weight is 190 g/mol. The van der Waals surface area contributed by atoms with Gasteiger partial charge in [0.1, 0.15) is 0 Å². The highest BCUT2D eigenvalue weighted by molar-refractivity contribution is 6.02. The second-order valence-electron chi connectivity index (χ2n) is 2.45. The summed E-state index contributed by atoms with van der Waals surface area (Å²) in [6.45, 7) is 0. The van der Waals surface area contributed by atoms with Crippen molar-refractivity contribution in [2.75, 3.05) is 5.32 Å². The molecule has 0 unspecified atom stereocenters. The number of hydrogen-bond donors (Lipinski definition) is 2.